The Kier molecular flexibility index (Phi) is 8.43. The van der Waals surface area contributed by atoms with E-state index in [-0.39, 0.29) is 11.4 Å². The van der Waals surface area contributed by atoms with Crippen molar-refractivity contribution < 1.29 is 17.9 Å². The number of hydrogen-bond acceptors (Lipinski definition) is 4. The zero-order valence-corrected chi connectivity index (χ0v) is 22.1. The zero-order valence-electron chi connectivity index (χ0n) is 19.0. The van der Waals surface area contributed by atoms with E-state index >= 15 is 0 Å². The van der Waals surface area contributed by atoms with E-state index in [9.17, 15) is 13.2 Å². The number of sulfonamides is 1. The normalized spacial score (nSPS) is 11.3. The lowest BCUT2D eigenvalue weighted by molar-refractivity contribution is -0.116. The molecule has 0 aliphatic heterocycles. The standard InChI is InChI=1S/C27H22BrClN2O4S/c28-21-11-14-24(15-12-21)36(33,34)31(18-20-7-3-1-4-8-20)19-27(32)30-25-17-22(29)13-16-26(25)35-23-9-5-2-6-10-23/h1-17H,18-19H2,(H,30,32). The maximum atomic E-state index is 13.5. The van der Waals surface area contributed by atoms with Crippen molar-refractivity contribution in [1.82, 2.24) is 4.31 Å². The summed E-state index contributed by atoms with van der Waals surface area (Å²) in [6.07, 6.45) is 0. The van der Waals surface area contributed by atoms with Gasteiger partial charge in [-0.3, -0.25) is 4.79 Å². The minimum atomic E-state index is -3.98. The number of anilines is 1. The molecule has 0 atom stereocenters. The van der Waals surface area contributed by atoms with Gasteiger partial charge in [0, 0.05) is 16.0 Å². The molecule has 4 rings (SSSR count). The van der Waals surface area contributed by atoms with Crippen LogP contribution in [0.5, 0.6) is 11.5 Å². The van der Waals surface area contributed by atoms with Crippen LogP contribution in [0, 0.1) is 0 Å². The van der Waals surface area contributed by atoms with Crippen LogP contribution in [-0.2, 0) is 21.4 Å². The summed E-state index contributed by atoms with van der Waals surface area (Å²) in [5.41, 5.74) is 1.08. The van der Waals surface area contributed by atoms with E-state index in [0.717, 1.165) is 14.3 Å². The number of benzene rings is 4. The number of nitrogens with one attached hydrogen (secondary N) is 1. The average molecular weight is 586 g/mol. The van der Waals surface area contributed by atoms with Gasteiger partial charge >= 0.3 is 0 Å². The van der Waals surface area contributed by atoms with Gasteiger partial charge in [0.1, 0.15) is 5.75 Å². The summed E-state index contributed by atoms with van der Waals surface area (Å²) < 4.78 is 34.8. The largest absolute Gasteiger partial charge is 0.455 e. The second-order valence-corrected chi connectivity index (χ2v) is 11.1. The van der Waals surface area contributed by atoms with E-state index in [4.69, 9.17) is 16.3 Å². The molecule has 0 bridgehead atoms. The molecule has 6 nitrogen and oxygen atoms in total. The van der Waals surface area contributed by atoms with E-state index in [1.165, 1.54) is 12.1 Å². The topological polar surface area (TPSA) is 75.7 Å². The van der Waals surface area contributed by atoms with Crippen LogP contribution < -0.4 is 10.1 Å². The summed E-state index contributed by atoms with van der Waals surface area (Å²) >= 11 is 9.49. The first kappa shape index (κ1) is 25.9. The molecule has 0 heterocycles. The fourth-order valence-electron chi connectivity index (χ4n) is 3.42. The second kappa shape index (κ2) is 11.7. The van der Waals surface area contributed by atoms with Crippen molar-refractivity contribution in [2.45, 2.75) is 11.4 Å². The minimum Gasteiger partial charge on any atom is -0.455 e. The number of para-hydroxylation sites is 1. The lowest BCUT2D eigenvalue weighted by Crippen LogP contribution is -2.37. The third-order valence-electron chi connectivity index (χ3n) is 5.16. The van der Waals surface area contributed by atoms with Crippen LogP contribution in [0.15, 0.2) is 112 Å². The summed E-state index contributed by atoms with van der Waals surface area (Å²) in [4.78, 5) is 13.2. The van der Waals surface area contributed by atoms with Gasteiger partial charge in [0.2, 0.25) is 15.9 Å². The molecule has 9 heteroatoms. The molecule has 0 aliphatic rings. The van der Waals surface area contributed by atoms with Crippen LogP contribution in [0.4, 0.5) is 5.69 Å². The SMILES string of the molecule is O=C(CN(Cc1ccccc1)S(=O)(=O)c1ccc(Br)cc1)Nc1cc(Cl)ccc1Oc1ccccc1. The van der Waals surface area contributed by atoms with Gasteiger partial charge < -0.3 is 10.1 Å². The second-order valence-electron chi connectivity index (χ2n) is 7.82. The van der Waals surface area contributed by atoms with Gasteiger partial charge in [-0.15, -0.1) is 0 Å². The molecule has 4 aromatic carbocycles. The summed E-state index contributed by atoms with van der Waals surface area (Å²) in [5, 5.41) is 3.16. The molecule has 0 saturated carbocycles. The molecule has 4 aromatic rings. The molecule has 1 N–H and O–H groups in total. The number of carbonyl (C=O) groups is 1. The van der Waals surface area contributed by atoms with E-state index < -0.39 is 22.5 Å². The van der Waals surface area contributed by atoms with Crippen molar-refractivity contribution in [1.29, 1.82) is 0 Å². The van der Waals surface area contributed by atoms with Gasteiger partial charge in [-0.25, -0.2) is 8.42 Å². The summed E-state index contributed by atoms with van der Waals surface area (Å²) in [6.45, 7) is -0.389. The van der Waals surface area contributed by atoms with Crippen LogP contribution in [0.3, 0.4) is 0 Å². The smallest absolute Gasteiger partial charge is 0.243 e. The van der Waals surface area contributed by atoms with Crippen LogP contribution in [0.25, 0.3) is 0 Å². The molecule has 0 aliphatic carbocycles. The lowest BCUT2D eigenvalue weighted by atomic mass is 10.2. The van der Waals surface area contributed by atoms with Crippen LogP contribution >= 0.6 is 27.5 Å². The quantitative estimate of drug-likeness (QED) is 0.236. The van der Waals surface area contributed by atoms with Crippen molar-refractivity contribution in [2.24, 2.45) is 0 Å². The number of halogens is 2. The molecular formula is C27H22BrClN2O4S. The average Bonchev–Trinajstić information content (AvgIpc) is 2.87. The lowest BCUT2D eigenvalue weighted by Gasteiger charge is -2.22. The number of nitrogens with zero attached hydrogens (tertiary/aromatic N) is 1. The Morgan fingerprint density at radius 1 is 0.889 bits per heavy atom. The Morgan fingerprint density at radius 3 is 2.19 bits per heavy atom. The van der Waals surface area contributed by atoms with Crippen molar-refractivity contribution in [2.75, 3.05) is 11.9 Å². The van der Waals surface area contributed by atoms with Crippen LogP contribution in [0.1, 0.15) is 5.56 Å². The molecule has 0 saturated heterocycles. The molecule has 184 valence electrons. The number of rotatable bonds is 9. The Balaban J connectivity index is 1.59. The maximum Gasteiger partial charge on any atom is 0.243 e. The van der Waals surface area contributed by atoms with Crippen LogP contribution in [0.2, 0.25) is 5.02 Å². The van der Waals surface area contributed by atoms with Gasteiger partial charge in [0.25, 0.3) is 0 Å². The van der Waals surface area contributed by atoms with Gasteiger partial charge in [-0.2, -0.15) is 4.31 Å². The first-order valence-electron chi connectivity index (χ1n) is 10.9. The van der Waals surface area contributed by atoms with E-state index in [2.05, 4.69) is 21.2 Å². The van der Waals surface area contributed by atoms with Crippen molar-refractivity contribution >= 4 is 49.1 Å². The number of ether oxygens (including phenoxy) is 1. The van der Waals surface area contributed by atoms with Gasteiger partial charge in [0.15, 0.2) is 5.75 Å². The highest BCUT2D eigenvalue weighted by molar-refractivity contribution is 9.10. The molecule has 1 amide bonds. The Hall–Kier alpha value is -3.17. The highest BCUT2D eigenvalue weighted by Crippen LogP contribution is 2.32. The highest BCUT2D eigenvalue weighted by Gasteiger charge is 2.27. The Labute approximate surface area is 223 Å². The fourth-order valence-corrected chi connectivity index (χ4v) is 5.24. The molecule has 0 fully saturated rings. The third kappa shape index (κ3) is 6.73. The van der Waals surface area contributed by atoms with E-state index in [1.54, 1.807) is 42.5 Å². The van der Waals surface area contributed by atoms with Crippen molar-refractivity contribution in [3.63, 3.8) is 0 Å². The molecule has 0 spiro atoms. The fraction of sp³-hybridized carbons (Fsp3) is 0.0741. The van der Waals surface area contributed by atoms with Gasteiger partial charge in [-0.1, -0.05) is 76.1 Å². The molecular weight excluding hydrogens is 564 g/mol. The maximum absolute atomic E-state index is 13.5. The number of hydrogen-bond donors (Lipinski definition) is 1. The molecule has 0 radical (unpaired) electrons. The van der Waals surface area contributed by atoms with E-state index in [1.807, 2.05) is 48.5 Å². The number of amides is 1. The number of carbonyl (C=O) groups excluding carboxylic acids is 1. The van der Waals surface area contributed by atoms with Crippen molar-refractivity contribution in [3.8, 4) is 11.5 Å². The Bertz CT molecular complexity index is 1430. The molecule has 0 aromatic heterocycles. The minimum absolute atomic E-state index is 0.0234. The van der Waals surface area contributed by atoms with E-state index in [0.29, 0.717) is 22.2 Å². The first-order chi connectivity index (χ1) is 17.3. The zero-order chi connectivity index (χ0) is 25.5. The summed E-state index contributed by atoms with van der Waals surface area (Å²) in [6, 6.07) is 29.3. The summed E-state index contributed by atoms with van der Waals surface area (Å²) in [5.74, 6) is 0.426. The van der Waals surface area contributed by atoms with Gasteiger partial charge in [0.05, 0.1) is 17.1 Å². The first-order valence-corrected chi connectivity index (χ1v) is 13.5. The predicted octanol–water partition coefficient (Wildman–Crippen LogP) is 6.72. The molecule has 0 unspecified atom stereocenters. The van der Waals surface area contributed by atoms with Crippen molar-refractivity contribution in [3.05, 3.63) is 118 Å². The highest BCUT2D eigenvalue weighted by atomic mass is 79.9. The predicted molar refractivity (Wildman–Crippen MR) is 145 cm³/mol. The Morgan fingerprint density at radius 2 is 1.53 bits per heavy atom. The van der Waals surface area contributed by atoms with Gasteiger partial charge in [-0.05, 0) is 60.2 Å². The summed E-state index contributed by atoms with van der Waals surface area (Å²) in [7, 11) is -3.98. The molecule has 36 heavy (non-hydrogen) atoms. The van der Waals surface area contributed by atoms with Crippen LogP contribution in [-0.4, -0.2) is 25.2 Å². The third-order valence-corrected chi connectivity index (χ3v) is 7.73. The monoisotopic (exact) mass is 584 g/mol.